The third-order valence-electron chi connectivity index (χ3n) is 1.06. The molecule has 0 saturated heterocycles. The van der Waals surface area contributed by atoms with Gasteiger partial charge in [-0.15, -0.1) is 0 Å². The molecule has 0 fully saturated rings. The van der Waals surface area contributed by atoms with Gasteiger partial charge in [0.2, 0.25) is 0 Å². The predicted molar refractivity (Wildman–Crippen MR) is 65.1 cm³/mol. The Morgan fingerprint density at radius 1 is 1.65 bits per heavy atom. The SMILES string of the molecule is CC(=O)O.NC(=S)NN=Cc1ccccn1.[Cu]. The Labute approximate surface area is 115 Å². The van der Waals surface area contributed by atoms with Crippen LogP contribution in [-0.2, 0) is 21.9 Å². The first-order valence-electron chi connectivity index (χ1n) is 4.21. The number of aromatic nitrogens is 1. The number of nitrogens with two attached hydrogens (primary N) is 1. The number of carboxylic acid groups (broad SMARTS) is 1. The van der Waals surface area contributed by atoms with Crippen LogP contribution in [0.3, 0.4) is 0 Å². The van der Waals surface area contributed by atoms with Crippen molar-refractivity contribution in [1.29, 1.82) is 0 Å². The normalized spacial score (nSPS) is 8.53. The van der Waals surface area contributed by atoms with Gasteiger partial charge in [-0.25, -0.2) is 0 Å². The minimum absolute atomic E-state index is 0. The van der Waals surface area contributed by atoms with E-state index in [1.54, 1.807) is 12.4 Å². The fourth-order valence-electron chi connectivity index (χ4n) is 0.614. The second-order valence-corrected chi connectivity index (χ2v) is 2.95. The molecule has 0 atom stereocenters. The number of pyridine rings is 1. The number of hydrogen-bond acceptors (Lipinski definition) is 4. The Balaban J connectivity index is 0. The molecule has 17 heavy (non-hydrogen) atoms. The standard InChI is InChI=1S/C7H8N4S.C2H4O2.Cu/c8-7(12)11-10-5-6-3-1-2-4-9-6;1-2(3)4;/h1-5H,(H3,8,11,12);1H3,(H,3,4);. The molecule has 1 radical (unpaired) electrons. The maximum atomic E-state index is 9.00. The van der Waals surface area contributed by atoms with Gasteiger partial charge in [0.25, 0.3) is 5.97 Å². The van der Waals surface area contributed by atoms with E-state index in [1.807, 2.05) is 18.2 Å². The predicted octanol–water partition coefficient (Wildman–Crippen LogP) is 0.337. The third kappa shape index (κ3) is 14.5. The summed E-state index contributed by atoms with van der Waals surface area (Å²) < 4.78 is 0. The number of thiocarbonyl (C=S) groups is 1. The van der Waals surface area contributed by atoms with E-state index in [9.17, 15) is 0 Å². The number of nitrogens with zero attached hydrogens (tertiary/aromatic N) is 2. The van der Waals surface area contributed by atoms with Gasteiger partial charge in [0.05, 0.1) is 11.9 Å². The minimum Gasteiger partial charge on any atom is -0.481 e. The molecular weight excluding hydrogens is 292 g/mol. The molecule has 0 aromatic carbocycles. The van der Waals surface area contributed by atoms with Crippen LogP contribution in [0.15, 0.2) is 29.5 Å². The molecule has 1 rings (SSSR count). The zero-order valence-electron chi connectivity index (χ0n) is 8.92. The maximum absolute atomic E-state index is 9.00. The molecule has 8 heteroatoms. The van der Waals surface area contributed by atoms with Crippen LogP contribution in [0.2, 0.25) is 0 Å². The fourth-order valence-corrected chi connectivity index (χ4v) is 0.667. The zero-order valence-corrected chi connectivity index (χ0v) is 10.7. The number of carboxylic acids is 1. The summed E-state index contributed by atoms with van der Waals surface area (Å²) in [6.07, 6.45) is 3.22. The number of nitrogens with one attached hydrogen (secondary N) is 1. The van der Waals surface area contributed by atoms with Crippen molar-refractivity contribution in [2.24, 2.45) is 10.8 Å². The molecule has 6 nitrogen and oxygen atoms in total. The van der Waals surface area contributed by atoms with Crippen LogP contribution < -0.4 is 11.2 Å². The number of aliphatic carboxylic acids is 1. The van der Waals surface area contributed by atoms with E-state index < -0.39 is 5.97 Å². The molecule has 0 unspecified atom stereocenters. The Kier molecular flexibility index (Phi) is 11.6. The molecule has 0 aliphatic rings. The van der Waals surface area contributed by atoms with Gasteiger partial charge in [0.15, 0.2) is 5.11 Å². The van der Waals surface area contributed by atoms with Crippen LogP contribution in [0.25, 0.3) is 0 Å². The van der Waals surface area contributed by atoms with E-state index in [-0.39, 0.29) is 22.2 Å². The van der Waals surface area contributed by atoms with Crippen molar-refractivity contribution in [3.63, 3.8) is 0 Å². The first-order chi connectivity index (χ1) is 7.52. The number of rotatable bonds is 2. The molecule has 4 N–H and O–H groups in total. The van der Waals surface area contributed by atoms with Crippen molar-refractivity contribution in [2.75, 3.05) is 0 Å². The molecule has 0 aliphatic heterocycles. The quantitative estimate of drug-likeness (QED) is 0.315. The summed E-state index contributed by atoms with van der Waals surface area (Å²) >= 11 is 4.54. The molecule has 1 aromatic rings. The van der Waals surface area contributed by atoms with Crippen LogP contribution in [0.1, 0.15) is 12.6 Å². The van der Waals surface area contributed by atoms with Crippen molar-refractivity contribution >= 4 is 29.5 Å². The average Bonchev–Trinajstić information content (AvgIpc) is 2.18. The maximum Gasteiger partial charge on any atom is 0.300 e. The summed E-state index contributed by atoms with van der Waals surface area (Å²) in [6.45, 7) is 1.08. The van der Waals surface area contributed by atoms with Gasteiger partial charge in [0.1, 0.15) is 0 Å². The fraction of sp³-hybridized carbons (Fsp3) is 0.111. The van der Waals surface area contributed by atoms with E-state index in [2.05, 4.69) is 27.7 Å². The van der Waals surface area contributed by atoms with Crippen molar-refractivity contribution in [1.82, 2.24) is 10.4 Å². The average molecular weight is 304 g/mol. The first-order valence-corrected chi connectivity index (χ1v) is 4.62. The second kappa shape index (κ2) is 11.0. The van der Waals surface area contributed by atoms with Crippen LogP contribution in [0, 0.1) is 0 Å². The Bertz CT molecular complexity index is 369. The Morgan fingerprint density at radius 3 is 2.65 bits per heavy atom. The summed E-state index contributed by atoms with van der Waals surface area (Å²) in [5.41, 5.74) is 8.33. The van der Waals surface area contributed by atoms with E-state index in [0.717, 1.165) is 12.6 Å². The molecule has 1 heterocycles. The smallest absolute Gasteiger partial charge is 0.300 e. The number of carbonyl (C=O) groups is 1. The summed E-state index contributed by atoms with van der Waals surface area (Å²) in [5.74, 6) is -0.833. The molecule has 0 amide bonds. The van der Waals surface area contributed by atoms with Gasteiger partial charge in [-0.05, 0) is 24.4 Å². The molecule has 0 aliphatic carbocycles. The van der Waals surface area contributed by atoms with E-state index in [4.69, 9.17) is 15.6 Å². The van der Waals surface area contributed by atoms with E-state index >= 15 is 0 Å². The van der Waals surface area contributed by atoms with Crippen LogP contribution >= 0.6 is 12.2 Å². The minimum atomic E-state index is -0.833. The van der Waals surface area contributed by atoms with Gasteiger partial charge in [-0.2, -0.15) is 5.10 Å². The molecule has 1 aromatic heterocycles. The van der Waals surface area contributed by atoms with Crippen LogP contribution in [0.4, 0.5) is 0 Å². The molecule has 0 spiro atoms. The number of hydrazone groups is 1. The largest absolute Gasteiger partial charge is 0.481 e. The third-order valence-corrected chi connectivity index (χ3v) is 1.15. The zero-order chi connectivity index (χ0) is 12.4. The molecule has 0 bridgehead atoms. The second-order valence-electron chi connectivity index (χ2n) is 2.51. The van der Waals surface area contributed by atoms with E-state index in [0.29, 0.717) is 0 Å². The summed E-state index contributed by atoms with van der Waals surface area (Å²) in [4.78, 5) is 13.0. The van der Waals surface area contributed by atoms with Crippen molar-refractivity contribution in [3.05, 3.63) is 30.1 Å². The van der Waals surface area contributed by atoms with Crippen molar-refractivity contribution < 1.29 is 27.0 Å². The molecule has 97 valence electrons. The monoisotopic (exact) mass is 303 g/mol. The van der Waals surface area contributed by atoms with Gasteiger partial charge >= 0.3 is 0 Å². The number of hydrogen-bond donors (Lipinski definition) is 3. The van der Waals surface area contributed by atoms with Crippen LogP contribution in [-0.4, -0.2) is 27.4 Å². The first kappa shape index (κ1) is 17.9. The molecular formula is C9H12CuN4O2S. The van der Waals surface area contributed by atoms with Gasteiger partial charge in [0, 0.05) is 30.2 Å². The van der Waals surface area contributed by atoms with Gasteiger partial charge < -0.3 is 10.8 Å². The van der Waals surface area contributed by atoms with Crippen molar-refractivity contribution in [2.45, 2.75) is 6.92 Å². The van der Waals surface area contributed by atoms with Gasteiger partial charge in [-0.3, -0.25) is 15.2 Å². The Morgan fingerprint density at radius 2 is 2.24 bits per heavy atom. The van der Waals surface area contributed by atoms with Gasteiger partial charge in [-0.1, -0.05) is 6.07 Å². The summed E-state index contributed by atoms with van der Waals surface area (Å²) in [6, 6.07) is 5.53. The van der Waals surface area contributed by atoms with Crippen LogP contribution in [0.5, 0.6) is 0 Å². The van der Waals surface area contributed by atoms with Crippen molar-refractivity contribution in [3.8, 4) is 0 Å². The molecule has 0 saturated carbocycles. The summed E-state index contributed by atoms with van der Waals surface area (Å²) in [7, 11) is 0. The Hall–Kier alpha value is -1.50. The summed E-state index contributed by atoms with van der Waals surface area (Å²) in [5, 5.41) is 11.3. The van der Waals surface area contributed by atoms with E-state index in [1.165, 1.54) is 0 Å². The topological polar surface area (TPSA) is 101 Å².